The van der Waals surface area contributed by atoms with Gasteiger partial charge in [-0.05, 0) is 24.1 Å². The average Bonchev–Trinajstić information content (AvgIpc) is 2.89. The molecule has 6 heteroatoms. The molecule has 1 amide bonds. The topological polar surface area (TPSA) is 63.7 Å². The number of hydrogen-bond donors (Lipinski definition) is 0. The molecule has 1 heterocycles. The largest absolute Gasteiger partial charge is 0.497 e. The van der Waals surface area contributed by atoms with Crippen molar-refractivity contribution in [1.82, 2.24) is 4.90 Å². The summed E-state index contributed by atoms with van der Waals surface area (Å²) in [6, 6.07) is 7.32. The number of amides is 1. The maximum atomic E-state index is 12.1. The molecule has 1 unspecified atom stereocenters. The summed E-state index contributed by atoms with van der Waals surface area (Å²) in [5, 5.41) is -0.415. The lowest BCUT2D eigenvalue weighted by Gasteiger charge is -2.16. The normalized spacial score (nSPS) is 19.1. The van der Waals surface area contributed by atoms with Crippen LogP contribution in [0.4, 0.5) is 0 Å². The molecule has 0 aliphatic carbocycles. The molecule has 1 aliphatic rings. The number of benzene rings is 1. The van der Waals surface area contributed by atoms with Gasteiger partial charge in [-0.2, -0.15) is 0 Å². The zero-order valence-electron chi connectivity index (χ0n) is 11.7. The summed E-state index contributed by atoms with van der Waals surface area (Å²) in [5.74, 6) is 0.723. The van der Waals surface area contributed by atoms with E-state index >= 15 is 0 Å². The van der Waals surface area contributed by atoms with Crippen LogP contribution in [0.5, 0.6) is 5.75 Å². The van der Waals surface area contributed by atoms with Gasteiger partial charge in [-0.3, -0.25) is 4.79 Å². The third-order valence-electron chi connectivity index (χ3n) is 3.62. The van der Waals surface area contributed by atoms with Crippen LogP contribution in [-0.4, -0.2) is 50.9 Å². The summed E-state index contributed by atoms with van der Waals surface area (Å²) in [4.78, 5) is 13.8. The van der Waals surface area contributed by atoms with Crippen LogP contribution in [0.3, 0.4) is 0 Å². The van der Waals surface area contributed by atoms with Crippen molar-refractivity contribution in [2.75, 3.05) is 26.5 Å². The molecule has 0 radical (unpaired) electrons. The summed E-state index contributed by atoms with van der Waals surface area (Å²) >= 11 is 0. The Morgan fingerprint density at radius 3 is 2.50 bits per heavy atom. The van der Waals surface area contributed by atoms with Crippen LogP contribution in [-0.2, 0) is 21.1 Å². The van der Waals surface area contributed by atoms with E-state index in [9.17, 15) is 13.2 Å². The Balaban J connectivity index is 1.95. The van der Waals surface area contributed by atoms with Crippen LogP contribution >= 0.6 is 0 Å². The number of hydrogen-bond acceptors (Lipinski definition) is 4. The van der Waals surface area contributed by atoms with Crippen LogP contribution in [0.25, 0.3) is 0 Å². The van der Waals surface area contributed by atoms with E-state index in [0.29, 0.717) is 25.9 Å². The highest BCUT2D eigenvalue weighted by Crippen LogP contribution is 2.18. The number of methoxy groups -OCH3 is 1. The van der Waals surface area contributed by atoms with Crippen molar-refractivity contribution >= 4 is 15.7 Å². The maximum absolute atomic E-state index is 12.1. The Labute approximate surface area is 119 Å². The molecule has 5 nitrogen and oxygen atoms in total. The molecule has 0 spiro atoms. The number of likely N-dealkylation sites (tertiary alicyclic amines) is 1. The average molecular weight is 297 g/mol. The smallest absolute Gasteiger partial charge is 0.227 e. The number of carbonyl (C=O) groups excluding carboxylic acids is 1. The molecule has 1 aromatic carbocycles. The molecule has 110 valence electrons. The van der Waals surface area contributed by atoms with Gasteiger partial charge in [-0.1, -0.05) is 12.1 Å². The van der Waals surface area contributed by atoms with E-state index < -0.39 is 15.1 Å². The van der Waals surface area contributed by atoms with E-state index in [-0.39, 0.29) is 5.91 Å². The molecule has 2 rings (SSSR count). The molecule has 1 saturated heterocycles. The monoisotopic (exact) mass is 297 g/mol. The van der Waals surface area contributed by atoms with Crippen LogP contribution in [0.2, 0.25) is 0 Å². The molecule has 1 aromatic rings. The SMILES string of the molecule is COc1ccc(CC(=O)N2CCC(S(C)(=O)=O)C2)cc1. The van der Waals surface area contributed by atoms with Gasteiger partial charge in [0.15, 0.2) is 9.84 Å². The van der Waals surface area contributed by atoms with Crippen LogP contribution in [0.15, 0.2) is 24.3 Å². The van der Waals surface area contributed by atoms with Gasteiger partial charge in [0.1, 0.15) is 5.75 Å². The van der Waals surface area contributed by atoms with Crippen molar-refractivity contribution in [2.45, 2.75) is 18.1 Å². The molecule has 1 atom stereocenters. The quantitative estimate of drug-likeness (QED) is 0.828. The Morgan fingerprint density at radius 2 is 2.00 bits per heavy atom. The van der Waals surface area contributed by atoms with Crippen molar-refractivity contribution in [3.05, 3.63) is 29.8 Å². The fourth-order valence-electron chi connectivity index (χ4n) is 2.33. The highest BCUT2D eigenvalue weighted by atomic mass is 32.2. The minimum absolute atomic E-state index is 0.0266. The minimum Gasteiger partial charge on any atom is -0.497 e. The standard InChI is InChI=1S/C14H19NO4S/c1-19-12-5-3-11(4-6-12)9-14(16)15-8-7-13(10-15)20(2,17)18/h3-6,13H,7-10H2,1-2H3. The molecular weight excluding hydrogens is 278 g/mol. The first-order valence-electron chi connectivity index (χ1n) is 6.49. The van der Waals surface area contributed by atoms with E-state index in [4.69, 9.17) is 4.74 Å². The van der Waals surface area contributed by atoms with Gasteiger partial charge in [-0.15, -0.1) is 0 Å². The predicted octanol–water partition coefficient (Wildman–Crippen LogP) is 0.883. The number of ether oxygens (including phenoxy) is 1. The third kappa shape index (κ3) is 3.50. The zero-order chi connectivity index (χ0) is 14.8. The van der Waals surface area contributed by atoms with Crippen LogP contribution < -0.4 is 4.74 Å². The summed E-state index contributed by atoms with van der Waals surface area (Å²) in [7, 11) is -1.47. The van der Waals surface area contributed by atoms with Gasteiger partial charge in [0, 0.05) is 19.3 Å². The number of carbonyl (C=O) groups is 1. The van der Waals surface area contributed by atoms with Crippen molar-refractivity contribution in [1.29, 1.82) is 0 Å². The highest BCUT2D eigenvalue weighted by Gasteiger charge is 2.32. The lowest BCUT2D eigenvalue weighted by Crippen LogP contribution is -2.32. The van der Waals surface area contributed by atoms with Gasteiger partial charge in [0.05, 0.1) is 18.8 Å². The van der Waals surface area contributed by atoms with Crippen LogP contribution in [0, 0.1) is 0 Å². The first kappa shape index (κ1) is 14.8. The summed E-state index contributed by atoms with van der Waals surface area (Å²) in [6.07, 6.45) is 2.06. The van der Waals surface area contributed by atoms with Gasteiger partial charge < -0.3 is 9.64 Å². The van der Waals surface area contributed by atoms with Crippen LogP contribution in [0.1, 0.15) is 12.0 Å². The van der Waals surface area contributed by atoms with E-state index in [2.05, 4.69) is 0 Å². The van der Waals surface area contributed by atoms with Gasteiger partial charge in [-0.25, -0.2) is 8.42 Å². The second-order valence-electron chi connectivity index (χ2n) is 5.10. The predicted molar refractivity (Wildman–Crippen MR) is 76.5 cm³/mol. The molecule has 0 saturated carbocycles. The highest BCUT2D eigenvalue weighted by molar-refractivity contribution is 7.91. The third-order valence-corrected chi connectivity index (χ3v) is 5.21. The Bertz CT molecular complexity index is 580. The van der Waals surface area contributed by atoms with E-state index in [1.165, 1.54) is 6.26 Å². The first-order valence-corrected chi connectivity index (χ1v) is 8.45. The molecule has 0 N–H and O–H groups in total. The zero-order valence-corrected chi connectivity index (χ0v) is 12.5. The molecule has 0 aromatic heterocycles. The molecule has 1 fully saturated rings. The summed E-state index contributed by atoms with van der Waals surface area (Å²) in [5.41, 5.74) is 0.901. The van der Waals surface area contributed by atoms with Gasteiger partial charge in [0.25, 0.3) is 0 Å². The van der Waals surface area contributed by atoms with Crippen molar-refractivity contribution < 1.29 is 17.9 Å². The Morgan fingerprint density at radius 1 is 1.35 bits per heavy atom. The van der Waals surface area contributed by atoms with Gasteiger partial charge >= 0.3 is 0 Å². The number of rotatable bonds is 4. The fraction of sp³-hybridized carbons (Fsp3) is 0.500. The second kappa shape index (κ2) is 5.83. The number of nitrogens with zero attached hydrogens (tertiary/aromatic N) is 1. The fourth-order valence-corrected chi connectivity index (χ4v) is 3.32. The lowest BCUT2D eigenvalue weighted by atomic mass is 10.1. The second-order valence-corrected chi connectivity index (χ2v) is 7.43. The van der Waals surface area contributed by atoms with Crippen molar-refractivity contribution in [2.24, 2.45) is 0 Å². The molecule has 20 heavy (non-hydrogen) atoms. The van der Waals surface area contributed by atoms with Crippen molar-refractivity contribution in [3.63, 3.8) is 0 Å². The molecule has 1 aliphatic heterocycles. The number of sulfone groups is 1. The van der Waals surface area contributed by atoms with Crippen molar-refractivity contribution in [3.8, 4) is 5.75 Å². The first-order chi connectivity index (χ1) is 9.40. The minimum atomic E-state index is -3.06. The molecule has 0 bridgehead atoms. The Hall–Kier alpha value is -1.56. The van der Waals surface area contributed by atoms with E-state index in [1.54, 1.807) is 12.0 Å². The summed E-state index contributed by atoms with van der Waals surface area (Å²) in [6.45, 7) is 0.834. The Kier molecular flexibility index (Phi) is 4.32. The molecular formula is C14H19NO4S. The van der Waals surface area contributed by atoms with E-state index in [1.807, 2.05) is 24.3 Å². The maximum Gasteiger partial charge on any atom is 0.227 e. The van der Waals surface area contributed by atoms with Gasteiger partial charge in [0.2, 0.25) is 5.91 Å². The summed E-state index contributed by atoms with van der Waals surface area (Å²) < 4.78 is 28.0. The van der Waals surface area contributed by atoms with E-state index in [0.717, 1.165) is 11.3 Å². The lowest BCUT2D eigenvalue weighted by molar-refractivity contribution is -0.129.